The number of ether oxygens (including phenoxy) is 4. The van der Waals surface area contributed by atoms with E-state index in [0.29, 0.717) is 18.4 Å². The highest BCUT2D eigenvalue weighted by Gasteiger charge is 2.73. The standard InChI is InChI=1S/C41H58O10/c1-23(42)49-33-20-30-36(3,4)32(51-35(45)25-13-11-10-12-14-25)21-34(50-24(2)43)40(30,9)29-17-18-38(7)27(15-16-28(38)39(29,33)8)26-19-31(44)41(47,48-22-26)37(5,6)46/h10-14,16,26-27,29-34,44,46-47H,15,17-22H2,1-9H3/t26-,27+,29+,30+,31-,32-,33-,34+,38+,39+,40-,41?/m1/s1. The van der Waals surface area contributed by atoms with E-state index in [9.17, 15) is 29.7 Å². The Kier molecular flexibility index (Phi) is 9.43. The van der Waals surface area contributed by atoms with Gasteiger partial charge in [-0.2, -0.15) is 0 Å². The van der Waals surface area contributed by atoms with Gasteiger partial charge in [0.1, 0.15) is 30.0 Å². The molecule has 0 aromatic heterocycles. The Morgan fingerprint density at radius 3 is 2.08 bits per heavy atom. The molecule has 282 valence electrons. The van der Waals surface area contributed by atoms with Crippen LogP contribution in [0.5, 0.6) is 0 Å². The summed E-state index contributed by atoms with van der Waals surface area (Å²) in [6.07, 6.45) is 2.90. The van der Waals surface area contributed by atoms with Gasteiger partial charge in [-0.15, -0.1) is 0 Å². The molecule has 3 N–H and O–H groups in total. The molecule has 1 unspecified atom stereocenters. The van der Waals surface area contributed by atoms with Crippen molar-refractivity contribution < 1.29 is 48.7 Å². The van der Waals surface area contributed by atoms with E-state index in [4.69, 9.17) is 18.9 Å². The van der Waals surface area contributed by atoms with Gasteiger partial charge in [0.15, 0.2) is 0 Å². The molecule has 51 heavy (non-hydrogen) atoms. The van der Waals surface area contributed by atoms with E-state index >= 15 is 0 Å². The smallest absolute Gasteiger partial charge is 0.338 e. The molecular weight excluding hydrogens is 652 g/mol. The maximum absolute atomic E-state index is 13.4. The van der Waals surface area contributed by atoms with Gasteiger partial charge in [-0.1, -0.05) is 64.5 Å². The second-order valence-corrected chi connectivity index (χ2v) is 18.0. The summed E-state index contributed by atoms with van der Waals surface area (Å²) in [6.45, 7) is 16.9. The third kappa shape index (κ3) is 5.78. The molecule has 0 amide bonds. The van der Waals surface area contributed by atoms with Gasteiger partial charge >= 0.3 is 17.9 Å². The first-order valence-corrected chi connectivity index (χ1v) is 18.7. The third-order valence-corrected chi connectivity index (χ3v) is 14.6. The molecule has 1 heterocycles. The number of allylic oxidation sites excluding steroid dienone is 1. The monoisotopic (exact) mass is 710 g/mol. The van der Waals surface area contributed by atoms with Crippen LogP contribution in [0.4, 0.5) is 0 Å². The summed E-state index contributed by atoms with van der Waals surface area (Å²) in [4.78, 5) is 39.1. The number of carbonyl (C=O) groups is 3. The molecule has 5 aliphatic rings. The molecule has 0 radical (unpaired) electrons. The highest BCUT2D eigenvalue weighted by Crippen LogP contribution is 2.74. The first-order chi connectivity index (χ1) is 23.6. The van der Waals surface area contributed by atoms with Crippen molar-refractivity contribution >= 4 is 17.9 Å². The van der Waals surface area contributed by atoms with E-state index in [-0.39, 0.29) is 54.1 Å². The maximum Gasteiger partial charge on any atom is 0.338 e. The predicted molar refractivity (Wildman–Crippen MR) is 188 cm³/mol. The van der Waals surface area contributed by atoms with Gasteiger partial charge in [0, 0.05) is 36.5 Å². The summed E-state index contributed by atoms with van der Waals surface area (Å²) in [6, 6.07) is 8.89. The normalized spacial score (nSPS) is 43.1. The lowest BCUT2D eigenvalue weighted by Crippen LogP contribution is -2.70. The summed E-state index contributed by atoms with van der Waals surface area (Å²) in [5.74, 6) is -3.42. The number of hydrogen-bond donors (Lipinski definition) is 3. The van der Waals surface area contributed by atoms with Crippen molar-refractivity contribution in [3.05, 3.63) is 47.5 Å². The van der Waals surface area contributed by atoms with Crippen LogP contribution in [0.3, 0.4) is 0 Å². The zero-order valence-electron chi connectivity index (χ0n) is 31.7. The molecule has 3 saturated carbocycles. The van der Waals surface area contributed by atoms with Crippen molar-refractivity contribution in [1.29, 1.82) is 0 Å². The first-order valence-electron chi connectivity index (χ1n) is 18.7. The van der Waals surface area contributed by atoms with Crippen LogP contribution in [0.1, 0.15) is 111 Å². The van der Waals surface area contributed by atoms with E-state index in [1.807, 2.05) is 6.07 Å². The molecule has 4 aliphatic carbocycles. The Hall–Kier alpha value is -2.79. The first kappa shape index (κ1) is 38.0. The quantitative estimate of drug-likeness (QED) is 0.189. The summed E-state index contributed by atoms with van der Waals surface area (Å²) in [5, 5.41) is 32.8. The van der Waals surface area contributed by atoms with Gasteiger partial charge < -0.3 is 34.3 Å². The third-order valence-electron chi connectivity index (χ3n) is 14.6. The molecule has 4 fully saturated rings. The lowest BCUT2D eigenvalue weighted by molar-refractivity contribution is -0.353. The van der Waals surface area contributed by atoms with Crippen molar-refractivity contribution in [3.8, 4) is 0 Å². The van der Waals surface area contributed by atoms with Crippen LogP contribution in [-0.2, 0) is 28.5 Å². The van der Waals surface area contributed by atoms with Crippen LogP contribution in [0.15, 0.2) is 42.0 Å². The number of aliphatic hydroxyl groups excluding tert-OH is 1. The van der Waals surface area contributed by atoms with Gasteiger partial charge in [0.05, 0.1) is 12.2 Å². The topological polar surface area (TPSA) is 149 Å². The number of rotatable bonds is 6. The molecule has 1 aliphatic heterocycles. The minimum Gasteiger partial charge on any atom is -0.462 e. The fourth-order valence-electron chi connectivity index (χ4n) is 12.0. The molecule has 6 rings (SSSR count). The van der Waals surface area contributed by atoms with Crippen LogP contribution < -0.4 is 0 Å². The van der Waals surface area contributed by atoms with Crippen molar-refractivity contribution in [2.75, 3.05) is 6.61 Å². The van der Waals surface area contributed by atoms with Crippen molar-refractivity contribution in [2.24, 2.45) is 45.3 Å². The van der Waals surface area contributed by atoms with E-state index in [1.165, 1.54) is 33.3 Å². The Morgan fingerprint density at radius 2 is 1.49 bits per heavy atom. The van der Waals surface area contributed by atoms with Gasteiger partial charge in [-0.05, 0) is 87.2 Å². The molecule has 1 aromatic rings. The number of aliphatic hydroxyl groups is 3. The number of carbonyl (C=O) groups excluding carboxylic acids is 3. The Bertz CT molecular complexity index is 1560. The summed E-state index contributed by atoms with van der Waals surface area (Å²) < 4.78 is 24.8. The summed E-state index contributed by atoms with van der Waals surface area (Å²) >= 11 is 0. The van der Waals surface area contributed by atoms with E-state index in [0.717, 1.165) is 19.3 Å². The lowest BCUT2D eigenvalue weighted by atomic mass is 9.36. The van der Waals surface area contributed by atoms with Crippen LogP contribution >= 0.6 is 0 Å². The Balaban J connectivity index is 1.37. The van der Waals surface area contributed by atoms with Crippen LogP contribution in [0.2, 0.25) is 0 Å². The number of fused-ring (bicyclic) bond motifs is 5. The van der Waals surface area contributed by atoms with E-state index in [1.54, 1.807) is 24.3 Å². The molecular formula is C41H58O10. The molecule has 10 nitrogen and oxygen atoms in total. The molecule has 10 heteroatoms. The largest absolute Gasteiger partial charge is 0.462 e. The summed E-state index contributed by atoms with van der Waals surface area (Å²) in [5.41, 5.74) is -2.02. The van der Waals surface area contributed by atoms with Gasteiger partial charge in [-0.25, -0.2) is 4.79 Å². The predicted octanol–water partition coefficient (Wildman–Crippen LogP) is 5.76. The molecule has 0 bridgehead atoms. The minimum atomic E-state index is -2.07. The molecule has 12 atom stereocenters. The second kappa shape index (κ2) is 12.7. The van der Waals surface area contributed by atoms with E-state index < -0.39 is 58.0 Å². The number of benzene rings is 1. The van der Waals surface area contributed by atoms with Crippen LogP contribution in [-0.4, -0.2) is 75.6 Å². The van der Waals surface area contributed by atoms with E-state index in [2.05, 4.69) is 40.7 Å². The Labute approximate surface area is 302 Å². The van der Waals surface area contributed by atoms with Gasteiger partial charge in [0.25, 0.3) is 0 Å². The SMILES string of the molecule is CC(=O)O[C@H]1C[C@@H](OC(=O)c2ccccc2)C(C)(C)[C@@H]2C[C@@H](OC(C)=O)[C@@]3(C)C4=CC[C@@H]([C@H]5COC(O)(C(C)(C)O)[C@H](O)C5)[C@]4(C)CC[C@@H]3[C@@]12C. The molecule has 1 aromatic carbocycles. The fourth-order valence-corrected chi connectivity index (χ4v) is 12.0. The van der Waals surface area contributed by atoms with Crippen molar-refractivity contribution in [1.82, 2.24) is 0 Å². The van der Waals surface area contributed by atoms with Crippen molar-refractivity contribution in [3.63, 3.8) is 0 Å². The zero-order chi connectivity index (χ0) is 37.5. The van der Waals surface area contributed by atoms with Gasteiger partial charge in [0.2, 0.25) is 5.79 Å². The zero-order valence-corrected chi connectivity index (χ0v) is 31.7. The molecule has 0 spiro atoms. The molecule has 1 saturated heterocycles. The average Bonchev–Trinajstić information content (AvgIpc) is 3.40. The lowest BCUT2D eigenvalue weighted by Gasteiger charge is -2.70. The Morgan fingerprint density at radius 1 is 0.863 bits per heavy atom. The second-order valence-electron chi connectivity index (χ2n) is 18.0. The van der Waals surface area contributed by atoms with Crippen LogP contribution in [0.25, 0.3) is 0 Å². The highest BCUT2D eigenvalue weighted by atomic mass is 16.7. The highest BCUT2D eigenvalue weighted by molar-refractivity contribution is 5.89. The number of esters is 3. The number of hydrogen-bond acceptors (Lipinski definition) is 10. The summed E-state index contributed by atoms with van der Waals surface area (Å²) in [7, 11) is 0. The van der Waals surface area contributed by atoms with Crippen LogP contribution in [0, 0.1) is 45.3 Å². The average molecular weight is 711 g/mol. The van der Waals surface area contributed by atoms with Gasteiger partial charge in [-0.3, -0.25) is 9.59 Å². The minimum absolute atomic E-state index is 0.0472. The fraction of sp³-hybridized carbons (Fsp3) is 0.732. The van der Waals surface area contributed by atoms with Crippen molar-refractivity contribution in [2.45, 2.75) is 137 Å². The maximum atomic E-state index is 13.4.